The molecule has 0 unspecified atom stereocenters. The summed E-state index contributed by atoms with van der Waals surface area (Å²) in [6.07, 6.45) is 6.11. The van der Waals surface area contributed by atoms with Crippen LogP contribution in [-0.2, 0) is 17.7 Å². The number of carbonyl (C=O) groups is 1. The standard InChI is InChI=1S/C33H38N2O4/c1-33(2,3)39-32(36)26-13-9-8-12-25(26)24-16-14-23(15-17-24)21-35-28-20-30(38-5)29(37-4)19-27(28)34-31(35)18-22-10-6-7-11-22/h8-9,12-17,19-20,22H,6-7,10-11,18,21H2,1-5H3. The third-order valence-electron chi connectivity index (χ3n) is 7.43. The zero-order valence-corrected chi connectivity index (χ0v) is 23.6. The zero-order valence-electron chi connectivity index (χ0n) is 23.6. The molecule has 1 fully saturated rings. The van der Waals surface area contributed by atoms with Crippen LogP contribution in [0.15, 0.2) is 60.7 Å². The summed E-state index contributed by atoms with van der Waals surface area (Å²) in [4.78, 5) is 17.9. The van der Waals surface area contributed by atoms with Gasteiger partial charge in [-0.05, 0) is 49.4 Å². The van der Waals surface area contributed by atoms with Gasteiger partial charge >= 0.3 is 5.97 Å². The second-order valence-electron chi connectivity index (χ2n) is 11.4. The average molecular weight is 527 g/mol. The predicted octanol–water partition coefficient (Wildman–Crippen LogP) is 7.46. The molecule has 3 aromatic carbocycles. The van der Waals surface area contributed by atoms with Gasteiger partial charge in [0, 0.05) is 25.1 Å². The smallest absolute Gasteiger partial charge is 0.339 e. The van der Waals surface area contributed by atoms with Crippen molar-refractivity contribution < 1.29 is 19.0 Å². The number of hydrogen-bond acceptors (Lipinski definition) is 5. The highest BCUT2D eigenvalue weighted by atomic mass is 16.6. The molecule has 0 bridgehead atoms. The van der Waals surface area contributed by atoms with Crippen molar-refractivity contribution in [2.24, 2.45) is 5.92 Å². The Morgan fingerprint density at radius 1 is 0.949 bits per heavy atom. The molecule has 1 aliphatic carbocycles. The lowest BCUT2D eigenvalue weighted by Gasteiger charge is -2.20. The highest BCUT2D eigenvalue weighted by Crippen LogP contribution is 2.35. The summed E-state index contributed by atoms with van der Waals surface area (Å²) in [6.45, 7) is 6.35. The van der Waals surface area contributed by atoms with Crippen LogP contribution in [0.1, 0.15) is 68.2 Å². The van der Waals surface area contributed by atoms with E-state index < -0.39 is 5.60 Å². The fraction of sp³-hybridized carbons (Fsp3) is 0.394. The highest BCUT2D eigenvalue weighted by molar-refractivity contribution is 5.97. The Morgan fingerprint density at radius 3 is 2.28 bits per heavy atom. The summed E-state index contributed by atoms with van der Waals surface area (Å²) in [5.41, 5.74) is 4.99. The Hall–Kier alpha value is -3.80. The Labute approximate surface area is 230 Å². The van der Waals surface area contributed by atoms with Crippen molar-refractivity contribution >= 4 is 17.0 Å². The molecule has 0 saturated heterocycles. The number of benzene rings is 3. The third-order valence-corrected chi connectivity index (χ3v) is 7.43. The minimum atomic E-state index is -0.551. The first-order valence-electron chi connectivity index (χ1n) is 13.8. The number of hydrogen-bond donors (Lipinski definition) is 0. The number of rotatable bonds is 8. The van der Waals surface area contributed by atoms with Gasteiger partial charge in [-0.25, -0.2) is 9.78 Å². The molecule has 4 aromatic rings. The molecule has 0 aliphatic heterocycles. The van der Waals surface area contributed by atoms with E-state index in [9.17, 15) is 4.79 Å². The summed E-state index contributed by atoms with van der Waals surface area (Å²) < 4.78 is 19.1. The van der Waals surface area contributed by atoms with Gasteiger partial charge in [-0.1, -0.05) is 68.1 Å². The number of esters is 1. The van der Waals surface area contributed by atoms with Crippen LogP contribution in [0.5, 0.6) is 11.5 Å². The van der Waals surface area contributed by atoms with Crippen molar-refractivity contribution in [3.63, 3.8) is 0 Å². The maximum Gasteiger partial charge on any atom is 0.339 e. The molecule has 1 heterocycles. The summed E-state index contributed by atoms with van der Waals surface area (Å²) in [5.74, 6) is 2.86. The fourth-order valence-electron chi connectivity index (χ4n) is 5.52. The molecule has 0 spiro atoms. The van der Waals surface area contributed by atoms with E-state index in [1.54, 1.807) is 14.2 Å². The lowest BCUT2D eigenvalue weighted by atomic mass is 9.98. The molecule has 0 atom stereocenters. The van der Waals surface area contributed by atoms with Crippen molar-refractivity contribution in [1.29, 1.82) is 0 Å². The minimum absolute atomic E-state index is 0.312. The number of fused-ring (bicyclic) bond motifs is 1. The maximum atomic E-state index is 12.9. The highest BCUT2D eigenvalue weighted by Gasteiger charge is 2.22. The molecule has 0 amide bonds. The van der Waals surface area contributed by atoms with Gasteiger partial charge in [-0.15, -0.1) is 0 Å². The normalized spacial score (nSPS) is 14.1. The van der Waals surface area contributed by atoms with E-state index in [-0.39, 0.29) is 5.97 Å². The van der Waals surface area contributed by atoms with Gasteiger partial charge in [0.1, 0.15) is 11.4 Å². The predicted molar refractivity (Wildman–Crippen MR) is 155 cm³/mol. The van der Waals surface area contributed by atoms with Crippen LogP contribution in [0.3, 0.4) is 0 Å². The molecule has 204 valence electrons. The van der Waals surface area contributed by atoms with Gasteiger partial charge in [-0.2, -0.15) is 0 Å². The molecule has 0 radical (unpaired) electrons. The average Bonchev–Trinajstić information content (AvgIpc) is 3.55. The molecule has 6 heteroatoms. The monoisotopic (exact) mass is 526 g/mol. The lowest BCUT2D eigenvalue weighted by Crippen LogP contribution is -2.24. The van der Waals surface area contributed by atoms with Gasteiger partial charge in [0.15, 0.2) is 11.5 Å². The van der Waals surface area contributed by atoms with Crippen molar-refractivity contribution in [2.45, 2.75) is 65.0 Å². The number of imidazole rings is 1. The molecule has 39 heavy (non-hydrogen) atoms. The molecule has 0 N–H and O–H groups in total. The maximum absolute atomic E-state index is 12.9. The quantitative estimate of drug-likeness (QED) is 0.223. The summed E-state index contributed by atoms with van der Waals surface area (Å²) in [5, 5.41) is 0. The fourth-order valence-corrected chi connectivity index (χ4v) is 5.52. The second kappa shape index (κ2) is 11.1. The molecule has 6 nitrogen and oxygen atoms in total. The minimum Gasteiger partial charge on any atom is -0.493 e. The number of aromatic nitrogens is 2. The van der Waals surface area contributed by atoms with E-state index in [1.165, 1.54) is 25.7 Å². The summed E-state index contributed by atoms with van der Waals surface area (Å²) >= 11 is 0. The van der Waals surface area contributed by atoms with Crippen molar-refractivity contribution in [3.05, 3.63) is 77.6 Å². The summed E-state index contributed by atoms with van der Waals surface area (Å²) in [7, 11) is 3.32. The first-order chi connectivity index (χ1) is 18.8. The number of nitrogens with zero attached hydrogens (tertiary/aromatic N) is 2. The third kappa shape index (κ3) is 5.95. The number of ether oxygens (including phenoxy) is 3. The Morgan fingerprint density at radius 2 is 1.62 bits per heavy atom. The van der Waals surface area contributed by atoms with Gasteiger partial charge in [0.2, 0.25) is 0 Å². The van der Waals surface area contributed by atoms with Crippen LogP contribution < -0.4 is 9.47 Å². The van der Waals surface area contributed by atoms with Crippen molar-refractivity contribution in [2.75, 3.05) is 14.2 Å². The van der Waals surface area contributed by atoms with E-state index in [4.69, 9.17) is 19.2 Å². The molecule has 1 aliphatic rings. The lowest BCUT2D eigenvalue weighted by molar-refractivity contribution is 0.00704. The van der Waals surface area contributed by atoms with E-state index in [0.29, 0.717) is 29.5 Å². The SMILES string of the molecule is COc1cc2nc(CC3CCCC3)n(Cc3ccc(-c4ccccc4C(=O)OC(C)(C)C)cc3)c2cc1OC. The first kappa shape index (κ1) is 26.8. The number of carbonyl (C=O) groups excluding carboxylic acids is 1. The van der Waals surface area contributed by atoms with Crippen LogP contribution >= 0.6 is 0 Å². The largest absolute Gasteiger partial charge is 0.493 e. The van der Waals surface area contributed by atoms with Crippen LogP contribution in [0.2, 0.25) is 0 Å². The van der Waals surface area contributed by atoms with E-state index in [1.807, 2.05) is 57.2 Å². The van der Waals surface area contributed by atoms with Crippen molar-refractivity contribution in [3.8, 4) is 22.6 Å². The Balaban J connectivity index is 1.47. The number of methoxy groups -OCH3 is 2. The first-order valence-corrected chi connectivity index (χ1v) is 13.8. The van der Waals surface area contributed by atoms with Gasteiger partial charge in [0.05, 0.1) is 30.8 Å². The molecule has 5 rings (SSSR count). The Bertz CT molecular complexity index is 1460. The zero-order chi connectivity index (χ0) is 27.6. The van der Waals surface area contributed by atoms with Crippen LogP contribution in [0.25, 0.3) is 22.2 Å². The van der Waals surface area contributed by atoms with Crippen LogP contribution in [-0.4, -0.2) is 35.3 Å². The van der Waals surface area contributed by atoms with Gasteiger partial charge in [-0.3, -0.25) is 0 Å². The topological polar surface area (TPSA) is 62.6 Å². The van der Waals surface area contributed by atoms with Crippen LogP contribution in [0, 0.1) is 5.92 Å². The van der Waals surface area contributed by atoms with E-state index in [2.05, 4.69) is 28.8 Å². The molecule has 1 saturated carbocycles. The van der Waals surface area contributed by atoms with Crippen LogP contribution in [0.4, 0.5) is 0 Å². The van der Waals surface area contributed by atoms with Gasteiger partial charge < -0.3 is 18.8 Å². The molecular weight excluding hydrogens is 488 g/mol. The molecular formula is C33H38N2O4. The van der Waals surface area contributed by atoms with E-state index in [0.717, 1.165) is 40.0 Å². The Kier molecular flexibility index (Phi) is 7.65. The second-order valence-corrected chi connectivity index (χ2v) is 11.4. The van der Waals surface area contributed by atoms with E-state index >= 15 is 0 Å². The van der Waals surface area contributed by atoms with Gasteiger partial charge in [0.25, 0.3) is 0 Å². The summed E-state index contributed by atoms with van der Waals surface area (Å²) in [6, 6.07) is 20.0. The molecule has 1 aromatic heterocycles. The van der Waals surface area contributed by atoms with Crippen molar-refractivity contribution in [1.82, 2.24) is 9.55 Å².